The van der Waals surface area contributed by atoms with Gasteiger partial charge in [0.25, 0.3) is 5.91 Å². The third-order valence-electron chi connectivity index (χ3n) is 5.70. The molecule has 0 spiro atoms. The van der Waals surface area contributed by atoms with E-state index in [9.17, 15) is 14.0 Å². The van der Waals surface area contributed by atoms with Gasteiger partial charge in [-0.3, -0.25) is 15.1 Å². The molecule has 0 saturated carbocycles. The maximum atomic E-state index is 14.1. The summed E-state index contributed by atoms with van der Waals surface area (Å²) in [7, 11) is 0. The number of carbonyl (C=O) groups excluding carboxylic acids is 2. The van der Waals surface area contributed by atoms with E-state index in [0.29, 0.717) is 47.2 Å². The fraction of sp³-hybridized carbons (Fsp3) is 0.310. The summed E-state index contributed by atoms with van der Waals surface area (Å²) < 4.78 is 25.2. The van der Waals surface area contributed by atoms with E-state index in [4.69, 9.17) is 21.1 Å². The van der Waals surface area contributed by atoms with Crippen LogP contribution in [0.1, 0.15) is 43.2 Å². The minimum absolute atomic E-state index is 0.232. The van der Waals surface area contributed by atoms with Crippen molar-refractivity contribution >= 4 is 35.0 Å². The van der Waals surface area contributed by atoms with Crippen LogP contribution in [0.5, 0.6) is 5.75 Å². The van der Waals surface area contributed by atoms with Crippen molar-refractivity contribution in [3.63, 3.8) is 0 Å². The molecule has 0 saturated heterocycles. The lowest BCUT2D eigenvalue weighted by Crippen LogP contribution is -2.32. The highest BCUT2D eigenvalue weighted by Crippen LogP contribution is 2.25. The van der Waals surface area contributed by atoms with E-state index in [1.54, 1.807) is 63.4 Å². The second-order valence-electron chi connectivity index (χ2n) is 10.3. The smallest absolute Gasteiger partial charge is 0.412 e. The minimum Gasteiger partial charge on any atom is -0.493 e. The molecule has 0 aliphatic carbocycles. The number of ether oxygens (including phenoxy) is 2. The Morgan fingerprint density at radius 1 is 1.12 bits per heavy atom. The van der Waals surface area contributed by atoms with Crippen molar-refractivity contribution in [2.75, 3.05) is 23.4 Å². The summed E-state index contributed by atoms with van der Waals surface area (Å²) in [6, 6.07) is 13.9. The molecule has 2 amide bonds. The number of benzene rings is 2. The normalized spacial score (nSPS) is 11.2. The van der Waals surface area contributed by atoms with Crippen LogP contribution in [0, 0.1) is 5.82 Å². The van der Waals surface area contributed by atoms with Crippen LogP contribution < -0.4 is 15.0 Å². The average molecular weight is 596 g/mol. The number of aromatic nitrogens is 5. The van der Waals surface area contributed by atoms with Crippen LogP contribution in [0.3, 0.4) is 0 Å². The summed E-state index contributed by atoms with van der Waals surface area (Å²) in [6.07, 6.45) is 3.27. The molecule has 220 valence electrons. The van der Waals surface area contributed by atoms with E-state index in [2.05, 4.69) is 25.7 Å². The lowest BCUT2D eigenvalue weighted by molar-refractivity contribution is 0.0635. The van der Waals surface area contributed by atoms with Gasteiger partial charge in [-0.1, -0.05) is 17.7 Å². The number of halogens is 2. The van der Waals surface area contributed by atoms with Gasteiger partial charge in [0, 0.05) is 46.8 Å². The summed E-state index contributed by atoms with van der Waals surface area (Å²) in [4.78, 5) is 32.9. The maximum absolute atomic E-state index is 14.1. The van der Waals surface area contributed by atoms with Crippen molar-refractivity contribution in [3.8, 4) is 5.75 Å². The van der Waals surface area contributed by atoms with Gasteiger partial charge in [-0.2, -0.15) is 4.80 Å². The summed E-state index contributed by atoms with van der Waals surface area (Å²) in [5.74, 6) is -0.445. The summed E-state index contributed by atoms with van der Waals surface area (Å²) in [5.41, 5.74) is 1.29. The molecule has 0 radical (unpaired) electrons. The van der Waals surface area contributed by atoms with Crippen LogP contribution in [0.4, 0.5) is 20.6 Å². The number of amides is 2. The zero-order valence-electron chi connectivity index (χ0n) is 23.5. The number of nitrogens with zero attached hydrogens (tertiary/aromatic N) is 6. The highest BCUT2D eigenvalue weighted by molar-refractivity contribution is 6.31. The van der Waals surface area contributed by atoms with Crippen LogP contribution in [0.15, 0.2) is 67.1 Å². The molecule has 0 bridgehead atoms. The Balaban J connectivity index is 1.42. The molecule has 0 atom stereocenters. The van der Waals surface area contributed by atoms with E-state index in [1.165, 1.54) is 34.2 Å². The number of carbonyl (C=O) groups is 2. The number of nitrogens with one attached hydrogen (secondary N) is 1. The number of anilines is 2. The van der Waals surface area contributed by atoms with Crippen LogP contribution in [0.25, 0.3) is 0 Å². The molecular formula is C29H31ClFN7O4. The molecule has 0 aliphatic heterocycles. The number of aryl methyl sites for hydroxylation is 1. The average Bonchev–Trinajstić information content (AvgIpc) is 3.43. The van der Waals surface area contributed by atoms with E-state index >= 15 is 0 Å². The van der Waals surface area contributed by atoms with Gasteiger partial charge in [-0.15, -0.1) is 10.2 Å². The van der Waals surface area contributed by atoms with Crippen LogP contribution in [0.2, 0.25) is 5.02 Å². The quantitative estimate of drug-likeness (QED) is 0.239. The molecule has 0 aliphatic rings. The van der Waals surface area contributed by atoms with E-state index in [-0.39, 0.29) is 24.6 Å². The third kappa shape index (κ3) is 9.23. The monoisotopic (exact) mass is 595 g/mol. The molecule has 4 rings (SSSR count). The Labute approximate surface area is 247 Å². The number of rotatable bonds is 11. The van der Waals surface area contributed by atoms with Gasteiger partial charge in [-0.05, 0) is 80.9 Å². The number of hydrogen-bond donors (Lipinski definition) is 1. The zero-order chi connectivity index (χ0) is 30.1. The van der Waals surface area contributed by atoms with Gasteiger partial charge in [0.15, 0.2) is 6.33 Å². The zero-order valence-corrected chi connectivity index (χ0v) is 24.2. The maximum Gasteiger partial charge on any atom is 0.412 e. The molecule has 2 aromatic heterocycles. The van der Waals surface area contributed by atoms with Crippen molar-refractivity contribution in [3.05, 3.63) is 89.2 Å². The second kappa shape index (κ2) is 13.9. The van der Waals surface area contributed by atoms with Gasteiger partial charge in [0.2, 0.25) is 0 Å². The third-order valence-corrected chi connectivity index (χ3v) is 5.92. The minimum atomic E-state index is -0.616. The fourth-order valence-corrected chi connectivity index (χ4v) is 4.19. The lowest BCUT2D eigenvalue weighted by Gasteiger charge is -2.23. The number of hydrogen-bond acceptors (Lipinski definition) is 8. The first-order valence-electron chi connectivity index (χ1n) is 13.2. The highest BCUT2D eigenvalue weighted by Gasteiger charge is 2.20. The predicted molar refractivity (Wildman–Crippen MR) is 155 cm³/mol. The molecule has 4 aromatic rings. The van der Waals surface area contributed by atoms with E-state index < -0.39 is 17.5 Å². The molecule has 0 fully saturated rings. The first-order valence-corrected chi connectivity index (χ1v) is 13.6. The van der Waals surface area contributed by atoms with Gasteiger partial charge < -0.3 is 14.4 Å². The van der Waals surface area contributed by atoms with Gasteiger partial charge >= 0.3 is 6.09 Å². The molecule has 1 N–H and O–H groups in total. The number of pyridine rings is 1. The van der Waals surface area contributed by atoms with Gasteiger partial charge in [0.05, 0.1) is 13.2 Å². The molecule has 2 aromatic carbocycles. The summed E-state index contributed by atoms with van der Waals surface area (Å²) >= 11 is 6.35. The van der Waals surface area contributed by atoms with Crippen LogP contribution >= 0.6 is 11.6 Å². The highest BCUT2D eigenvalue weighted by atomic mass is 35.5. The SMILES string of the molecule is CC(C)(C)OC(=O)Nc1ccnc(CCOc2cc(Cl)cc(C(=O)N(CCCn3ncnn3)c3cccc(F)c3)c2)c1. The van der Waals surface area contributed by atoms with Crippen LogP contribution in [-0.2, 0) is 17.7 Å². The molecule has 0 unspecified atom stereocenters. The van der Waals surface area contributed by atoms with Crippen molar-refractivity contribution in [2.24, 2.45) is 0 Å². The standard InChI is InChI=1S/C29H31ClFN7O4/c1-29(2,3)42-28(40)35-24-8-10-32-23(18-24)9-13-41-26-15-20(14-21(30)16-26)27(39)37(25-7-4-6-22(31)17-25)11-5-12-38-34-19-33-36-38/h4,6-8,10,14-19H,5,9,11-13H2,1-3H3,(H,32,35,40). The van der Waals surface area contributed by atoms with Crippen molar-refractivity contribution in [1.29, 1.82) is 0 Å². The van der Waals surface area contributed by atoms with Crippen molar-refractivity contribution in [1.82, 2.24) is 25.2 Å². The Hall–Kier alpha value is -4.58. The lowest BCUT2D eigenvalue weighted by atomic mass is 10.1. The predicted octanol–water partition coefficient (Wildman–Crippen LogP) is 5.57. The molecule has 2 heterocycles. The fourth-order valence-electron chi connectivity index (χ4n) is 3.97. The molecule has 42 heavy (non-hydrogen) atoms. The van der Waals surface area contributed by atoms with Gasteiger partial charge in [0.1, 0.15) is 17.2 Å². The Morgan fingerprint density at radius 2 is 1.95 bits per heavy atom. The summed E-state index contributed by atoms with van der Waals surface area (Å²) in [6.45, 7) is 6.28. The largest absolute Gasteiger partial charge is 0.493 e. The molecule has 11 nitrogen and oxygen atoms in total. The first kappa shape index (κ1) is 30.4. The van der Waals surface area contributed by atoms with Gasteiger partial charge in [-0.25, -0.2) is 9.18 Å². The molecule has 13 heteroatoms. The van der Waals surface area contributed by atoms with Crippen LogP contribution in [-0.4, -0.2) is 55.9 Å². The van der Waals surface area contributed by atoms with Crippen molar-refractivity contribution < 1.29 is 23.5 Å². The number of tetrazole rings is 1. The van der Waals surface area contributed by atoms with Crippen molar-refractivity contribution in [2.45, 2.75) is 45.8 Å². The molecular weight excluding hydrogens is 565 g/mol. The van der Waals surface area contributed by atoms with E-state index in [1.807, 2.05) is 0 Å². The first-order chi connectivity index (χ1) is 20.1. The topological polar surface area (TPSA) is 124 Å². The Morgan fingerprint density at radius 3 is 2.69 bits per heavy atom. The van der Waals surface area contributed by atoms with E-state index in [0.717, 1.165) is 0 Å². The Bertz CT molecular complexity index is 1510. The summed E-state index contributed by atoms with van der Waals surface area (Å²) in [5, 5.41) is 14.5. The Kier molecular flexibility index (Phi) is 10.0. The second-order valence-corrected chi connectivity index (χ2v) is 10.7.